The number of aromatic amines is 1. The van der Waals surface area contributed by atoms with Crippen molar-refractivity contribution < 1.29 is 9.59 Å². The van der Waals surface area contributed by atoms with Crippen molar-refractivity contribution in [2.45, 2.75) is 38.3 Å². The second-order valence-electron chi connectivity index (χ2n) is 10.4. The molecule has 4 aromatic rings. The topological polar surface area (TPSA) is 108 Å². The number of carbonyl (C=O) groups excluding carboxylic acids is 2. The highest BCUT2D eigenvalue weighted by molar-refractivity contribution is 6.07. The number of nitrogens with zero attached hydrogens (tertiary/aromatic N) is 4. The van der Waals surface area contributed by atoms with Crippen LogP contribution in [-0.4, -0.2) is 56.6 Å². The van der Waals surface area contributed by atoms with Gasteiger partial charge in [-0.05, 0) is 76.2 Å². The Morgan fingerprint density at radius 2 is 1.94 bits per heavy atom. The molecule has 2 amide bonds. The van der Waals surface area contributed by atoms with Gasteiger partial charge in [0.25, 0.3) is 11.8 Å². The lowest BCUT2D eigenvalue weighted by Crippen LogP contribution is -2.32. The number of hydrogen-bond acceptors (Lipinski definition) is 5. The number of H-pyrrole nitrogens is 1. The third-order valence-corrected chi connectivity index (χ3v) is 7.39. The molecule has 0 aliphatic carbocycles. The van der Waals surface area contributed by atoms with Gasteiger partial charge in [-0.25, -0.2) is 4.98 Å². The summed E-state index contributed by atoms with van der Waals surface area (Å²) in [5, 5.41) is 11.3. The number of hydrogen-bond donors (Lipinski definition) is 3. The maximum Gasteiger partial charge on any atom is 0.257 e. The average molecular weight is 484 g/mol. The average Bonchev–Trinajstić information content (AvgIpc) is 3.55. The number of piperidine rings is 1. The largest absolute Gasteiger partial charge is 0.346 e. The summed E-state index contributed by atoms with van der Waals surface area (Å²) in [5.41, 5.74) is 4.95. The van der Waals surface area contributed by atoms with E-state index in [4.69, 9.17) is 0 Å². The van der Waals surface area contributed by atoms with Crippen molar-refractivity contribution in [2.75, 3.05) is 25.5 Å². The Bertz CT molecular complexity index is 1490. The Morgan fingerprint density at radius 3 is 2.75 bits per heavy atom. The first-order chi connectivity index (χ1) is 17.3. The van der Waals surface area contributed by atoms with Gasteiger partial charge in [-0.1, -0.05) is 6.07 Å². The minimum Gasteiger partial charge on any atom is -0.346 e. The number of carbonyl (C=O) groups is 2. The number of rotatable bonds is 4. The molecule has 1 saturated heterocycles. The highest BCUT2D eigenvalue weighted by Gasteiger charge is 2.35. The minimum atomic E-state index is -0.435. The predicted molar refractivity (Wildman–Crippen MR) is 138 cm³/mol. The van der Waals surface area contributed by atoms with Gasteiger partial charge in [-0.15, -0.1) is 0 Å². The van der Waals surface area contributed by atoms with Crippen molar-refractivity contribution in [1.29, 1.82) is 0 Å². The van der Waals surface area contributed by atoms with Crippen LogP contribution in [0.1, 0.15) is 59.0 Å². The molecule has 9 nitrogen and oxygen atoms in total. The molecule has 3 N–H and O–H groups in total. The molecule has 6 rings (SSSR count). The normalized spacial score (nSPS) is 17.8. The maximum atomic E-state index is 13.1. The van der Waals surface area contributed by atoms with Crippen molar-refractivity contribution in [1.82, 2.24) is 30.0 Å². The zero-order valence-corrected chi connectivity index (χ0v) is 20.6. The van der Waals surface area contributed by atoms with Crippen molar-refractivity contribution in [3.8, 4) is 11.1 Å². The number of anilines is 1. The SMILES string of the molecule is CN1CCC(n2cc(NC(=O)c3cnc4[nH]cc(-c5ccc6c(c5)C(C)(C)NC6=O)c4c3)cn2)CC1. The molecule has 0 unspecified atom stereocenters. The van der Waals surface area contributed by atoms with E-state index in [-0.39, 0.29) is 11.8 Å². The third kappa shape index (κ3) is 3.85. The zero-order valence-electron chi connectivity index (χ0n) is 20.6. The van der Waals surface area contributed by atoms with Gasteiger partial charge in [-0.3, -0.25) is 14.3 Å². The molecular formula is C27H29N7O2. The number of nitrogens with one attached hydrogen (secondary N) is 3. The van der Waals surface area contributed by atoms with E-state index in [1.54, 1.807) is 12.4 Å². The van der Waals surface area contributed by atoms with Crippen LogP contribution in [-0.2, 0) is 5.54 Å². The molecule has 2 aliphatic rings. The van der Waals surface area contributed by atoms with E-state index in [9.17, 15) is 9.59 Å². The van der Waals surface area contributed by atoms with Crippen LogP contribution in [0, 0.1) is 0 Å². The van der Waals surface area contributed by atoms with Gasteiger partial charge < -0.3 is 20.5 Å². The van der Waals surface area contributed by atoms with E-state index in [0.717, 1.165) is 48.0 Å². The molecule has 1 fully saturated rings. The lowest BCUT2D eigenvalue weighted by atomic mass is 9.91. The van der Waals surface area contributed by atoms with Crippen molar-refractivity contribution in [3.05, 3.63) is 65.7 Å². The second kappa shape index (κ2) is 8.30. The molecule has 0 bridgehead atoms. The lowest BCUT2D eigenvalue weighted by molar-refractivity contribution is 0.0939. The standard InChI is InChI=1S/C27H29N7O2/c1-27(2)23-11-16(4-5-20(23)26(36)32-27)22-14-29-24-21(22)10-17(12-28-24)25(35)31-18-13-30-34(15-18)19-6-8-33(3)9-7-19/h4-5,10-15,19H,6-9H2,1-3H3,(H,28,29)(H,31,35)(H,32,36). The number of fused-ring (bicyclic) bond motifs is 2. The second-order valence-corrected chi connectivity index (χ2v) is 10.4. The van der Waals surface area contributed by atoms with Crippen LogP contribution >= 0.6 is 0 Å². The predicted octanol–water partition coefficient (Wildman–Crippen LogP) is 3.92. The molecule has 0 spiro atoms. The fourth-order valence-corrected chi connectivity index (χ4v) is 5.28. The molecule has 5 heterocycles. The molecule has 0 radical (unpaired) electrons. The van der Waals surface area contributed by atoms with Gasteiger partial charge in [0.1, 0.15) is 5.65 Å². The number of aromatic nitrogens is 4. The van der Waals surface area contributed by atoms with E-state index in [2.05, 4.69) is 37.6 Å². The van der Waals surface area contributed by atoms with Crippen molar-refractivity contribution in [2.24, 2.45) is 0 Å². The summed E-state index contributed by atoms with van der Waals surface area (Å²) in [4.78, 5) is 35.4. The van der Waals surface area contributed by atoms with E-state index in [1.165, 1.54) is 0 Å². The quantitative estimate of drug-likeness (QED) is 0.408. The molecular weight excluding hydrogens is 454 g/mol. The minimum absolute atomic E-state index is 0.0553. The van der Waals surface area contributed by atoms with Crippen molar-refractivity contribution >= 4 is 28.5 Å². The Labute approximate surface area is 208 Å². The Hall–Kier alpha value is -3.98. The molecule has 1 aromatic carbocycles. The summed E-state index contributed by atoms with van der Waals surface area (Å²) in [6, 6.07) is 8.05. The molecule has 3 aromatic heterocycles. The molecule has 184 valence electrons. The fraction of sp³-hybridized carbons (Fsp3) is 0.333. The van der Waals surface area contributed by atoms with Crippen LogP contribution in [0.4, 0.5) is 5.69 Å². The number of amides is 2. The lowest BCUT2D eigenvalue weighted by Gasteiger charge is -2.28. The maximum absolute atomic E-state index is 13.1. The summed E-state index contributed by atoms with van der Waals surface area (Å²) >= 11 is 0. The van der Waals surface area contributed by atoms with Crippen LogP contribution in [0.5, 0.6) is 0 Å². The van der Waals surface area contributed by atoms with E-state index < -0.39 is 5.54 Å². The zero-order chi connectivity index (χ0) is 25.0. The Morgan fingerprint density at radius 1 is 1.14 bits per heavy atom. The van der Waals surface area contributed by atoms with Crippen LogP contribution in [0.25, 0.3) is 22.2 Å². The van der Waals surface area contributed by atoms with E-state index >= 15 is 0 Å². The van der Waals surface area contributed by atoms with E-state index in [1.807, 2.05) is 55.2 Å². The number of benzene rings is 1. The Balaban J connectivity index is 1.26. The van der Waals surface area contributed by atoms with Gasteiger partial charge >= 0.3 is 0 Å². The van der Waals surface area contributed by atoms with Crippen LogP contribution in [0.2, 0.25) is 0 Å². The van der Waals surface area contributed by atoms with Crippen LogP contribution in [0.15, 0.2) is 49.1 Å². The third-order valence-electron chi connectivity index (χ3n) is 7.39. The summed E-state index contributed by atoms with van der Waals surface area (Å²) in [5.74, 6) is -0.287. The van der Waals surface area contributed by atoms with Gasteiger partial charge in [-0.2, -0.15) is 5.10 Å². The molecule has 2 aliphatic heterocycles. The molecule has 36 heavy (non-hydrogen) atoms. The van der Waals surface area contributed by atoms with Gasteiger partial charge in [0.05, 0.1) is 29.0 Å². The molecule has 9 heteroatoms. The van der Waals surface area contributed by atoms with Gasteiger partial charge in [0.2, 0.25) is 0 Å². The molecule has 0 atom stereocenters. The van der Waals surface area contributed by atoms with Crippen LogP contribution in [0.3, 0.4) is 0 Å². The monoisotopic (exact) mass is 483 g/mol. The number of pyridine rings is 1. The summed E-state index contributed by atoms with van der Waals surface area (Å²) in [6.07, 6.45) is 9.17. The first-order valence-electron chi connectivity index (χ1n) is 12.3. The highest BCUT2D eigenvalue weighted by atomic mass is 16.2. The summed E-state index contributed by atoms with van der Waals surface area (Å²) < 4.78 is 1.96. The first kappa shape index (κ1) is 22.5. The molecule has 0 saturated carbocycles. The number of likely N-dealkylation sites (tertiary alicyclic amines) is 1. The van der Waals surface area contributed by atoms with Crippen molar-refractivity contribution in [3.63, 3.8) is 0 Å². The summed E-state index contributed by atoms with van der Waals surface area (Å²) in [6.45, 7) is 6.08. The van der Waals surface area contributed by atoms with Gasteiger partial charge in [0, 0.05) is 35.1 Å². The van der Waals surface area contributed by atoms with Crippen LogP contribution < -0.4 is 10.6 Å². The fourth-order valence-electron chi connectivity index (χ4n) is 5.28. The smallest absolute Gasteiger partial charge is 0.257 e. The highest BCUT2D eigenvalue weighted by Crippen LogP contribution is 2.36. The van der Waals surface area contributed by atoms with Gasteiger partial charge in [0.15, 0.2) is 0 Å². The Kier molecular flexibility index (Phi) is 5.19. The van der Waals surface area contributed by atoms with E-state index in [0.29, 0.717) is 28.5 Å². The summed E-state index contributed by atoms with van der Waals surface area (Å²) in [7, 11) is 2.13. The first-order valence-corrected chi connectivity index (χ1v) is 12.3.